The third kappa shape index (κ3) is 3.00. The molecule has 0 unspecified atom stereocenters. The van der Waals surface area contributed by atoms with Gasteiger partial charge in [0.1, 0.15) is 0 Å². The summed E-state index contributed by atoms with van der Waals surface area (Å²) in [4.78, 5) is 13.6. The quantitative estimate of drug-likeness (QED) is 0.745. The molecule has 1 aliphatic rings. The van der Waals surface area contributed by atoms with Crippen molar-refractivity contribution >= 4 is 5.91 Å². The van der Waals surface area contributed by atoms with Crippen LogP contribution in [0.4, 0.5) is 0 Å². The maximum absolute atomic E-state index is 12.2. The van der Waals surface area contributed by atoms with Crippen LogP contribution in [0, 0.1) is 5.92 Å². The summed E-state index contributed by atoms with van der Waals surface area (Å²) < 4.78 is 0. The minimum absolute atomic E-state index is 0.0717. The average molecular weight is 302 g/mol. The maximum Gasteiger partial charge on any atom is 0.273 e. The number of aliphatic hydroxyl groups excluding tert-OH is 2. The molecule has 1 saturated carbocycles. The predicted molar refractivity (Wildman–Crippen MR) is 78.4 cm³/mol. The Balaban J connectivity index is 1.65. The number of carbonyl (C=O) groups is 1. The van der Waals surface area contributed by atoms with E-state index in [4.69, 9.17) is 5.11 Å². The number of hydrogen-bond donors (Lipinski definition) is 3. The fraction of sp³-hybridized carbons (Fsp3) is 0.400. The van der Waals surface area contributed by atoms with Crippen LogP contribution >= 0.6 is 0 Å². The highest BCUT2D eigenvalue weighted by Crippen LogP contribution is 2.25. The third-order valence-corrected chi connectivity index (χ3v) is 3.94. The number of para-hydroxylation sites is 1. The summed E-state index contributed by atoms with van der Waals surface area (Å²) in [5, 5.41) is 30.0. The molecule has 3 N–H and O–H groups in total. The molecule has 7 nitrogen and oxygen atoms in total. The molecule has 1 aromatic carbocycles. The van der Waals surface area contributed by atoms with E-state index in [0.29, 0.717) is 12.8 Å². The first-order valence-electron chi connectivity index (χ1n) is 7.25. The standard InChI is InChI=1S/C15H18N4O3/c20-9-10-6-11(7-14(10)21)17-15(22)13-8-16-19(18-13)12-4-2-1-3-5-12/h1-5,8,10-11,14,20-21H,6-7,9H2,(H,17,22)/t10-,11-,14-/m0/s1. The molecule has 0 aliphatic heterocycles. The van der Waals surface area contributed by atoms with Crippen LogP contribution in [-0.2, 0) is 0 Å². The highest BCUT2D eigenvalue weighted by atomic mass is 16.3. The summed E-state index contributed by atoms with van der Waals surface area (Å²) in [6, 6.07) is 9.17. The average Bonchev–Trinajstić information content (AvgIpc) is 3.15. The fourth-order valence-corrected chi connectivity index (χ4v) is 2.73. The molecule has 1 aromatic heterocycles. The van der Waals surface area contributed by atoms with Crippen molar-refractivity contribution in [1.29, 1.82) is 0 Å². The maximum atomic E-state index is 12.2. The molecule has 3 atom stereocenters. The number of hydrogen-bond acceptors (Lipinski definition) is 5. The summed E-state index contributed by atoms with van der Waals surface area (Å²) in [5.74, 6) is -0.497. The molecule has 0 bridgehead atoms. The molecule has 1 amide bonds. The van der Waals surface area contributed by atoms with E-state index in [9.17, 15) is 9.90 Å². The number of nitrogens with one attached hydrogen (secondary N) is 1. The zero-order valence-corrected chi connectivity index (χ0v) is 12.0. The van der Waals surface area contributed by atoms with Gasteiger partial charge in [-0.3, -0.25) is 4.79 Å². The van der Waals surface area contributed by atoms with Crippen LogP contribution in [0.25, 0.3) is 5.69 Å². The van der Waals surface area contributed by atoms with E-state index in [0.717, 1.165) is 5.69 Å². The van der Waals surface area contributed by atoms with Crippen molar-refractivity contribution in [2.45, 2.75) is 25.0 Å². The Labute approximate surface area is 127 Å². The smallest absolute Gasteiger partial charge is 0.273 e. The van der Waals surface area contributed by atoms with Crippen LogP contribution in [0.2, 0.25) is 0 Å². The normalized spacial score (nSPS) is 24.4. The van der Waals surface area contributed by atoms with Gasteiger partial charge in [0.2, 0.25) is 0 Å². The minimum Gasteiger partial charge on any atom is -0.396 e. The molecule has 2 aromatic rings. The molecule has 116 valence electrons. The molecule has 0 saturated heterocycles. The van der Waals surface area contributed by atoms with Gasteiger partial charge in [-0.15, -0.1) is 5.10 Å². The molecular formula is C15H18N4O3. The Morgan fingerprint density at radius 3 is 2.77 bits per heavy atom. The van der Waals surface area contributed by atoms with Crippen LogP contribution in [0.3, 0.4) is 0 Å². The number of rotatable bonds is 4. The van der Waals surface area contributed by atoms with Gasteiger partial charge >= 0.3 is 0 Å². The lowest BCUT2D eigenvalue weighted by Crippen LogP contribution is -2.33. The first-order valence-corrected chi connectivity index (χ1v) is 7.25. The van der Waals surface area contributed by atoms with Crippen LogP contribution in [-0.4, -0.2) is 49.9 Å². The van der Waals surface area contributed by atoms with Crippen LogP contribution in [0.1, 0.15) is 23.3 Å². The number of aliphatic hydroxyl groups is 2. The van der Waals surface area contributed by atoms with Gasteiger partial charge in [0, 0.05) is 18.6 Å². The van der Waals surface area contributed by atoms with E-state index in [1.165, 1.54) is 11.0 Å². The molecule has 3 rings (SSSR count). The third-order valence-electron chi connectivity index (χ3n) is 3.94. The van der Waals surface area contributed by atoms with Crippen LogP contribution < -0.4 is 5.32 Å². The summed E-state index contributed by atoms with van der Waals surface area (Å²) in [6.45, 7) is -0.0717. The zero-order chi connectivity index (χ0) is 15.5. The Hall–Kier alpha value is -2.25. The Morgan fingerprint density at radius 2 is 2.09 bits per heavy atom. The number of aromatic nitrogens is 3. The van der Waals surface area contributed by atoms with Crippen molar-refractivity contribution in [3.05, 3.63) is 42.2 Å². The Morgan fingerprint density at radius 1 is 1.32 bits per heavy atom. The van der Waals surface area contributed by atoms with Gasteiger partial charge in [0.05, 0.1) is 18.0 Å². The van der Waals surface area contributed by atoms with E-state index >= 15 is 0 Å². The number of benzene rings is 1. The van der Waals surface area contributed by atoms with Gasteiger partial charge in [-0.2, -0.15) is 9.90 Å². The van der Waals surface area contributed by atoms with Gasteiger partial charge in [0.15, 0.2) is 5.69 Å². The molecular weight excluding hydrogens is 284 g/mol. The van der Waals surface area contributed by atoms with Gasteiger partial charge in [-0.1, -0.05) is 18.2 Å². The van der Waals surface area contributed by atoms with Gasteiger partial charge < -0.3 is 15.5 Å². The van der Waals surface area contributed by atoms with Gasteiger partial charge in [0.25, 0.3) is 5.91 Å². The van der Waals surface area contributed by atoms with Crippen LogP contribution in [0.15, 0.2) is 36.5 Å². The second-order valence-corrected chi connectivity index (χ2v) is 5.51. The second kappa shape index (κ2) is 6.25. The van der Waals surface area contributed by atoms with Gasteiger partial charge in [-0.05, 0) is 25.0 Å². The zero-order valence-electron chi connectivity index (χ0n) is 12.0. The highest BCUT2D eigenvalue weighted by molar-refractivity contribution is 5.92. The SMILES string of the molecule is O=C(N[C@H]1C[C@@H](CO)[C@@H](O)C1)c1cnn(-c2ccccc2)n1. The summed E-state index contributed by atoms with van der Waals surface area (Å²) in [5.41, 5.74) is 1.00. The lowest BCUT2D eigenvalue weighted by Gasteiger charge is -2.10. The van der Waals surface area contributed by atoms with Crippen LogP contribution in [0.5, 0.6) is 0 Å². The second-order valence-electron chi connectivity index (χ2n) is 5.51. The largest absolute Gasteiger partial charge is 0.396 e. The lowest BCUT2D eigenvalue weighted by atomic mass is 10.1. The Bertz CT molecular complexity index is 643. The summed E-state index contributed by atoms with van der Waals surface area (Å²) >= 11 is 0. The minimum atomic E-state index is -0.574. The molecule has 0 radical (unpaired) electrons. The van der Waals surface area contributed by atoms with E-state index in [1.807, 2.05) is 30.3 Å². The molecule has 1 fully saturated rings. The number of nitrogens with zero attached hydrogens (tertiary/aromatic N) is 3. The molecule has 1 heterocycles. The number of amides is 1. The van der Waals surface area contributed by atoms with E-state index in [2.05, 4.69) is 15.5 Å². The molecule has 22 heavy (non-hydrogen) atoms. The summed E-state index contributed by atoms with van der Waals surface area (Å²) in [6.07, 6.45) is 1.85. The highest BCUT2D eigenvalue weighted by Gasteiger charge is 2.33. The van der Waals surface area contributed by atoms with Crippen molar-refractivity contribution in [2.24, 2.45) is 5.92 Å². The lowest BCUT2D eigenvalue weighted by molar-refractivity contribution is 0.0902. The van der Waals surface area contributed by atoms with Crippen molar-refractivity contribution in [2.75, 3.05) is 6.61 Å². The molecule has 1 aliphatic carbocycles. The van der Waals surface area contributed by atoms with Crippen molar-refractivity contribution in [1.82, 2.24) is 20.3 Å². The van der Waals surface area contributed by atoms with E-state index in [1.54, 1.807) is 0 Å². The fourth-order valence-electron chi connectivity index (χ4n) is 2.73. The first kappa shape index (κ1) is 14.7. The van der Waals surface area contributed by atoms with Gasteiger partial charge in [-0.25, -0.2) is 0 Å². The monoisotopic (exact) mass is 302 g/mol. The number of carbonyl (C=O) groups excluding carboxylic acids is 1. The Kier molecular flexibility index (Phi) is 4.17. The molecule has 7 heteroatoms. The van der Waals surface area contributed by atoms with Crippen molar-refractivity contribution < 1.29 is 15.0 Å². The predicted octanol–water partition coefficient (Wildman–Crippen LogP) is 0.129. The van der Waals surface area contributed by atoms with E-state index in [-0.39, 0.29) is 30.2 Å². The van der Waals surface area contributed by atoms with Crippen molar-refractivity contribution in [3.8, 4) is 5.69 Å². The topological polar surface area (TPSA) is 100 Å². The van der Waals surface area contributed by atoms with E-state index < -0.39 is 6.10 Å². The van der Waals surface area contributed by atoms with Crippen molar-refractivity contribution in [3.63, 3.8) is 0 Å². The molecule has 0 spiro atoms. The summed E-state index contributed by atoms with van der Waals surface area (Å²) in [7, 11) is 0. The first-order chi connectivity index (χ1) is 10.7.